The monoisotopic (exact) mass is 258 g/mol. The molecule has 1 N–H and O–H groups in total. The Morgan fingerprint density at radius 2 is 1.56 bits per heavy atom. The lowest BCUT2D eigenvalue weighted by atomic mass is 10.3. The number of benzene rings is 1. The van der Waals surface area contributed by atoms with E-state index in [1.165, 1.54) is 0 Å². The highest BCUT2D eigenvalue weighted by Gasteiger charge is 2.20. The van der Waals surface area contributed by atoms with E-state index in [0.717, 1.165) is 5.75 Å². The molecule has 0 atom stereocenters. The van der Waals surface area contributed by atoms with Gasteiger partial charge in [0.2, 0.25) is 5.39 Å². The lowest BCUT2D eigenvalue weighted by Crippen LogP contribution is -2.11. The second-order valence-corrected chi connectivity index (χ2v) is 2.54. The van der Waals surface area contributed by atoms with Crippen molar-refractivity contribution in [1.29, 1.82) is 5.39 Å². The average molecular weight is 258 g/mol. The minimum Gasteiger partial charge on any atom is -0.495 e. The quantitative estimate of drug-likeness (QED) is 0.475. The Hall–Kier alpha value is -1.49. The van der Waals surface area contributed by atoms with Crippen LogP contribution in [0.2, 0.25) is 5.02 Å². The molecule has 0 unspecified atom stereocenters. The summed E-state index contributed by atoms with van der Waals surface area (Å²) >= 11 is 5.70. The van der Waals surface area contributed by atoms with Crippen LogP contribution < -0.4 is 10.1 Å². The number of diazo groups is 1. The molecule has 3 nitrogen and oxygen atoms in total. The van der Waals surface area contributed by atoms with Crippen LogP contribution in [0, 0.1) is 5.39 Å². The van der Waals surface area contributed by atoms with E-state index >= 15 is 0 Å². The molecule has 0 saturated carbocycles. The summed E-state index contributed by atoms with van der Waals surface area (Å²) in [5.74, 6) is 0.721. The lowest BCUT2D eigenvalue weighted by Gasteiger charge is -1.98. The molecule has 1 rings (SSSR count). The van der Waals surface area contributed by atoms with Gasteiger partial charge in [-0.15, -0.1) is 0 Å². The first kappa shape index (κ1) is 16.9. The van der Waals surface area contributed by atoms with E-state index in [-0.39, 0.29) is 0 Å². The Kier molecular flexibility index (Phi) is 9.30. The topological polar surface area (TPSA) is 56.8 Å². The van der Waals surface area contributed by atoms with E-state index in [1.807, 2.05) is 18.2 Å². The smallest absolute Gasteiger partial charge is 0.495 e. The average Bonchev–Trinajstić information content (AvgIpc) is 2.19. The zero-order valence-corrected chi connectivity index (χ0v) is 8.89. The molecule has 0 heterocycles. The standard InChI is InChI=1S/C7H7ClO.BF4.N2/c1-9-7-5-3-2-4-6(7)8;2-1(3,4)5;1-2/h2-5H,1H3;;/q;-1;/p+1. The van der Waals surface area contributed by atoms with Crippen LogP contribution in [0.1, 0.15) is 0 Å². The minimum absolute atomic E-state index is 0.653. The zero-order valence-electron chi connectivity index (χ0n) is 8.13. The van der Waals surface area contributed by atoms with Crippen molar-refractivity contribution in [1.82, 2.24) is 0 Å². The fraction of sp³-hybridized carbons (Fsp3) is 0.143. The summed E-state index contributed by atoms with van der Waals surface area (Å²) in [6.45, 7) is 0. The van der Waals surface area contributed by atoms with E-state index in [9.17, 15) is 17.3 Å². The fourth-order valence-corrected chi connectivity index (χ4v) is 0.823. The van der Waals surface area contributed by atoms with Crippen LogP contribution in [0.25, 0.3) is 0 Å². The van der Waals surface area contributed by atoms with Crippen molar-refractivity contribution in [2.24, 2.45) is 0 Å². The van der Waals surface area contributed by atoms with Gasteiger partial charge in [-0.2, -0.15) is 0 Å². The van der Waals surface area contributed by atoms with E-state index in [1.54, 1.807) is 13.2 Å². The van der Waals surface area contributed by atoms with Gasteiger partial charge in [0, 0.05) is 0 Å². The molecule has 0 spiro atoms. The molecule has 0 aliphatic rings. The van der Waals surface area contributed by atoms with Crippen LogP contribution in [0.15, 0.2) is 24.3 Å². The van der Waals surface area contributed by atoms with E-state index in [0.29, 0.717) is 5.02 Å². The van der Waals surface area contributed by atoms with Gasteiger partial charge in [0.15, 0.2) is 0 Å². The molecule has 1 aromatic carbocycles. The molecule has 90 valence electrons. The molecule has 0 bridgehead atoms. The highest BCUT2D eigenvalue weighted by atomic mass is 35.5. The number of hydrogen-bond acceptors (Lipinski definition) is 2. The van der Waals surface area contributed by atoms with Crippen LogP contribution in [0.3, 0.4) is 0 Å². The lowest BCUT2D eigenvalue weighted by molar-refractivity contribution is -0.175. The molecule has 0 aliphatic carbocycles. The first-order chi connectivity index (χ1) is 7.34. The maximum absolute atomic E-state index is 9.75. The predicted octanol–water partition coefficient (Wildman–Crippen LogP) is 1.93. The van der Waals surface area contributed by atoms with E-state index in [4.69, 9.17) is 27.1 Å². The Balaban J connectivity index is 0. The number of para-hydroxylation sites is 1. The largest absolute Gasteiger partial charge is 0.673 e. The third-order valence-electron chi connectivity index (χ3n) is 1.06. The van der Waals surface area contributed by atoms with Crippen LogP contribution in [0.4, 0.5) is 17.3 Å². The van der Waals surface area contributed by atoms with Gasteiger partial charge in [-0.05, 0) is 12.1 Å². The van der Waals surface area contributed by atoms with E-state index in [2.05, 4.69) is 0 Å². The van der Waals surface area contributed by atoms with Gasteiger partial charge in [0.25, 0.3) is 0 Å². The minimum atomic E-state index is -6.00. The normalized spacial score (nSPS) is 9.00. The summed E-state index contributed by atoms with van der Waals surface area (Å²) in [7, 11) is -4.40. The van der Waals surface area contributed by atoms with Crippen molar-refractivity contribution in [3.05, 3.63) is 29.3 Å². The van der Waals surface area contributed by atoms with Crippen LogP contribution in [-0.4, -0.2) is 14.4 Å². The molecule has 0 amide bonds. The number of halogens is 5. The van der Waals surface area contributed by atoms with Crippen molar-refractivity contribution in [3.8, 4) is 5.75 Å². The molecule has 0 aliphatic heterocycles. The Bertz CT molecular complexity index is 315. The third-order valence-corrected chi connectivity index (χ3v) is 1.37. The first-order valence-electron chi connectivity index (χ1n) is 3.73. The highest BCUT2D eigenvalue weighted by Crippen LogP contribution is 2.21. The predicted molar refractivity (Wildman–Crippen MR) is 50.9 cm³/mol. The molecular weight excluding hydrogens is 250 g/mol. The molecule has 9 heteroatoms. The molecule has 0 radical (unpaired) electrons. The summed E-state index contributed by atoms with van der Waals surface area (Å²) in [5.41, 5.74) is 0. The van der Waals surface area contributed by atoms with Crippen molar-refractivity contribution < 1.29 is 27.4 Å². The number of methoxy groups -OCH3 is 1. The number of hydrogen-bond donors (Lipinski definition) is 1. The zero-order chi connectivity index (χ0) is 13.2. The molecule has 0 saturated heterocycles. The van der Waals surface area contributed by atoms with Crippen molar-refractivity contribution in [2.45, 2.75) is 0 Å². The molecule has 1 aromatic rings. The van der Waals surface area contributed by atoms with Gasteiger partial charge in [-0.3, -0.25) is 0 Å². The van der Waals surface area contributed by atoms with Gasteiger partial charge < -0.3 is 22.0 Å². The molecule has 16 heavy (non-hydrogen) atoms. The van der Waals surface area contributed by atoms with E-state index < -0.39 is 7.25 Å². The Labute approximate surface area is 94.5 Å². The SMILES string of the molecule is COc1ccccc1Cl.F[B-](F)(F)F.N#[NH+]. The molecular formula is C7H8BClF4N2O. The summed E-state index contributed by atoms with van der Waals surface area (Å²) < 4.78 is 43.9. The summed E-state index contributed by atoms with van der Waals surface area (Å²) in [5, 5.41) is 11.7. The van der Waals surface area contributed by atoms with Gasteiger partial charge in [-0.25, -0.2) is 0 Å². The number of nitrogens with one attached hydrogen (secondary N) is 1. The van der Waals surface area contributed by atoms with Crippen molar-refractivity contribution >= 4 is 18.9 Å². The summed E-state index contributed by atoms with van der Waals surface area (Å²) in [6.07, 6.45) is 0. The summed E-state index contributed by atoms with van der Waals surface area (Å²) in [6, 6.07) is 7.36. The van der Waals surface area contributed by atoms with Crippen LogP contribution in [0.5, 0.6) is 5.75 Å². The van der Waals surface area contributed by atoms with Crippen LogP contribution >= 0.6 is 11.6 Å². The highest BCUT2D eigenvalue weighted by molar-refractivity contribution is 6.50. The molecule has 0 aromatic heterocycles. The van der Waals surface area contributed by atoms with Crippen molar-refractivity contribution in [2.75, 3.05) is 7.11 Å². The van der Waals surface area contributed by atoms with Gasteiger partial charge in [0.1, 0.15) is 5.75 Å². The molecule has 0 fully saturated rings. The number of nitrogens with zero attached hydrogens (tertiary/aromatic N) is 1. The van der Waals surface area contributed by atoms with Gasteiger partial charge in [0.05, 0.1) is 17.5 Å². The van der Waals surface area contributed by atoms with Gasteiger partial charge in [-0.1, -0.05) is 23.7 Å². The number of ether oxygens (including phenoxy) is 1. The van der Waals surface area contributed by atoms with Gasteiger partial charge >= 0.3 is 7.25 Å². The Morgan fingerprint density at radius 1 is 1.19 bits per heavy atom. The first-order valence-corrected chi connectivity index (χ1v) is 4.10. The Morgan fingerprint density at radius 3 is 1.81 bits per heavy atom. The van der Waals surface area contributed by atoms with Crippen molar-refractivity contribution in [3.63, 3.8) is 0 Å². The summed E-state index contributed by atoms with van der Waals surface area (Å²) in [4.78, 5) is 0. The maximum Gasteiger partial charge on any atom is 0.673 e. The maximum atomic E-state index is 9.75. The number of rotatable bonds is 1. The fourth-order valence-electron chi connectivity index (χ4n) is 0.610. The second-order valence-electron chi connectivity index (χ2n) is 2.13. The van der Waals surface area contributed by atoms with Crippen LogP contribution in [-0.2, 0) is 0 Å². The second kappa shape index (κ2) is 8.79. The third kappa shape index (κ3) is 12.5.